The van der Waals surface area contributed by atoms with Gasteiger partial charge in [0.05, 0.1) is 0 Å². The van der Waals surface area contributed by atoms with Crippen molar-refractivity contribution in [3.63, 3.8) is 0 Å². The van der Waals surface area contributed by atoms with E-state index in [0.29, 0.717) is 31.7 Å². The fourth-order valence-corrected chi connectivity index (χ4v) is 3.28. The van der Waals surface area contributed by atoms with Crippen molar-refractivity contribution in [2.45, 2.75) is 6.10 Å². The molecule has 2 aliphatic rings. The number of hydrogen-bond donors (Lipinski definition) is 1. The lowest BCUT2D eigenvalue weighted by atomic mass is 10.1. The summed E-state index contributed by atoms with van der Waals surface area (Å²) in [6, 6.07) is 8.79. The number of carbonyl (C=O) groups excluding carboxylic acids is 1. The Kier molecular flexibility index (Phi) is 3.90. The van der Waals surface area contributed by atoms with E-state index < -0.39 is 17.4 Å². The van der Waals surface area contributed by atoms with Crippen LogP contribution in [0.3, 0.4) is 0 Å². The summed E-state index contributed by atoms with van der Waals surface area (Å²) >= 11 is -2.22. The summed E-state index contributed by atoms with van der Waals surface area (Å²) in [5.74, 6) is -0.342. The van der Waals surface area contributed by atoms with Gasteiger partial charge in [-0.3, -0.25) is 9.00 Å². The van der Waals surface area contributed by atoms with Gasteiger partial charge in [-0.1, -0.05) is 30.3 Å². The highest BCUT2D eigenvalue weighted by atomic mass is 32.2. The number of aliphatic hydroxyl groups is 1. The number of amides is 1. The van der Waals surface area contributed by atoms with E-state index in [-0.39, 0.29) is 5.91 Å². The Morgan fingerprint density at radius 3 is 2.24 bits per heavy atom. The molecule has 2 unspecified atom stereocenters. The molecule has 0 radical (unpaired) electrons. The number of benzene rings is 1. The summed E-state index contributed by atoms with van der Waals surface area (Å²) in [4.78, 5) is 13.9. The van der Waals surface area contributed by atoms with Crippen LogP contribution in [0.2, 0.25) is 0 Å². The molecule has 0 saturated heterocycles. The third-order valence-corrected chi connectivity index (χ3v) is 4.55. The van der Waals surface area contributed by atoms with E-state index in [4.69, 9.17) is 0 Å². The predicted octanol–water partition coefficient (Wildman–Crippen LogP) is -0.0315. The van der Waals surface area contributed by atoms with E-state index in [1.165, 1.54) is 4.31 Å². The molecule has 1 N–H and O–H groups in total. The van der Waals surface area contributed by atoms with Gasteiger partial charge in [0.2, 0.25) is 0 Å². The lowest BCUT2D eigenvalue weighted by Crippen LogP contribution is -2.37. The minimum absolute atomic E-state index is 0.342. The van der Waals surface area contributed by atoms with Crippen molar-refractivity contribution in [2.24, 2.45) is 0 Å². The van der Waals surface area contributed by atoms with E-state index in [9.17, 15) is 18.7 Å². The minimum atomic E-state index is -2.22. The molecular formula is C14H15N2O4S-. The number of carbonyl (C=O) groups is 1. The monoisotopic (exact) mass is 307 g/mol. The molecule has 1 aromatic carbocycles. The number of hydrogen-bond acceptors (Lipinski definition) is 4. The molecule has 0 spiro atoms. The van der Waals surface area contributed by atoms with Gasteiger partial charge in [-0.15, -0.1) is 0 Å². The Morgan fingerprint density at radius 1 is 1.14 bits per heavy atom. The topological polar surface area (TPSA) is 83.9 Å². The van der Waals surface area contributed by atoms with Crippen LogP contribution in [0.15, 0.2) is 41.5 Å². The van der Waals surface area contributed by atoms with Gasteiger partial charge in [-0.2, -0.15) is 0 Å². The van der Waals surface area contributed by atoms with E-state index in [1.807, 2.05) is 6.07 Å². The zero-order valence-corrected chi connectivity index (χ0v) is 12.1. The van der Waals surface area contributed by atoms with Gasteiger partial charge in [0.15, 0.2) is 6.10 Å². The average molecular weight is 307 g/mol. The lowest BCUT2D eigenvalue weighted by Gasteiger charge is -2.25. The van der Waals surface area contributed by atoms with Crippen molar-refractivity contribution < 1.29 is 18.7 Å². The highest BCUT2D eigenvalue weighted by Gasteiger charge is 2.34. The summed E-state index contributed by atoms with van der Waals surface area (Å²) in [6.07, 6.45) is -1.17. The first-order chi connectivity index (χ1) is 10.1. The van der Waals surface area contributed by atoms with Gasteiger partial charge in [0.25, 0.3) is 5.91 Å². The molecule has 0 bridgehead atoms. The van der Waals surface area contributed by atoms with Gasteiger partial charge < -0.3 is 14.6 Å². The van der Waals surface area contributed by atoms with Gasteiger partial charge in [-0.25, -0.2) is 4.31 Å². The van der Waals surface area contributed by atoms with Gasteiger partial charge in [0.1, 0.15) is 0 Å². The van der Waals surface area contributed by atoms with E-state index >= 15 is 0 Å². The smallest absolute Gasteiger partial charge is 0.256 e. The van der Waals surface area contributed by atoms with Crippen LogP contribution in [0.1, 0.15) is 11.7 Å². The SMILES string of the molecule is O=C(C(O)c1ccccc1)N1CC2=C(C1)CN(S(=O)[O-])C2. The van der Waals surface area contributed by atoms with Crippen LogP contribution in [0, 0.1) is 0 Å². The van der Waals surface area contributed by atoms with Crippen LogP contribution >= 0.6 is 0 Å². The van der Waals surface area contributed by atoms with Crippen molar-refractivity contribution >= 4 is 17.2 Å². The molecule has 0 aromatic heterocycles. The largest absolute Gasteiger partial charge is 0.760 e. The molecule has 1 amide bonds. The van der Waals surface area contributed by atoms with Crippen LogP contribution in [0.25, 0.3) is 0 Å². The third-order valence-electron chi connectivity index (χ3n) is 3.87. The van der Waals surface area contributed by atoms with Crippen molar-refractivity contribution in [1.29, 1.82) is 0 Å². The van der Waals surface area contributed by atoms with E-state index in [1.54, 1.807) is 29.2 Å². The molecule has 7 heteroatoms. The maximum absolute atomic E-state index is 12.3. The lowest BCUT2D eigenvalue weighted by molar-refractivity contribution is -0.139. The maximum atomic E-state index is 12.3. The molecule has 0 fully saturated rings. The number of nitrogens with zero attached hydrogens (tertiary/aromatic N) is 2. The molecule has 1 aromatic rings. The maximum Gasteiger partial charge on any atom is 0.256 e. The van der Waals surface area contributed by atoms with E-state index in [0.717, 1.165) is 11.1 Å². The van der Waals surface area contributed by atoms with Gasteiger partial charge in [-0.05, 0) is 16.7 Å². The normalized spacial score (nSPS) is 21.5. The highest BCUT2D eigenvalue weighted by molar-refractivity contribution is 7.76. The molecule has 3 rings (SSSR count). The number of aliphatic hydroxyl groups excluding tert-OH is 1. The summed E-state index contributed by atoms with van der Waals surface area (Å²) in [7, 11) is 0. The Hall–Kier alpha value is -1.54. The second-order valence-corrected chi connectivity index (χ2v) is 6.18. The first kappa shape index (κ1) is 14.4. The molecule has 0 aliphatic carbocycles. The fraction of sp³-hybridized carbons (Fsp3) is 0.357. The van der Waals surface area contributed by atoms with E-state index in [2.05, 4.69) is 0 Å². The molecule has 21 heavy (non-hydrogen) atoms. The first-order valence-electron chi connectivity index (χ1n) is 6.62. The average Bonchev–Trinajstić information content (AvgIpc) is 3.05. The van der Waals surface area contributed by atoms with Crippen molar-refractivity contribution in [2.75, 3.05) is 26.2 Å². The quantitative estimate of drug-likeness (QED) is 0.628. The Morgan fingerprint density at radius 2 is 1.71 bits per heavy atom. The van der Waals surface area contributed by atoms with Crippen molar-refractivity contribution in [3.8, 4) is 0 Å². The molecule has 6 nitrogen and oxygen atoms in total. The zero-order valence-electron chi connectivity index (χ0n) is 11.3. The highest BCUT2D eigenvalue weighted by Crippen LogP contribution is 2.28. The third kappa shape index (κ3) is 2.77. The Labute approximate surface area is 125 Å². The molecule has 2 atom stereocenters. The molecule has 2 heterocycles. The van der Waals surface area contributed by atoms with Gasteiger partial charge >= 0.3 is 0 Å². The summed E-state index contributed by atoms with van der Waals surface area (Å²) in [5, 5.41) is 10.1. The van der Waals surface area contributed by atoms with Crippen LogP contribution in [-0.4, -0.2) is 55.2 Å². The summed E-state index contributed by atoms with van der Waals surface area (Å²) < 4.78 is 23.2. The molecule has 0 saturated carbocycles. The van der Waals surface area contributed by atoms with Crippen LogP contribution in [0.5, 0.6) is 0 Å². The summed E-state index contributed by atoms with van der Waals surface area (Å²) in [6.45, 7) is 1.48. The Balaban J connectivity index is 1.64. The van der Waals surface area contributed by atoms with Crippen LogP contribution in [0.4, 0.5) is 0 Å². The standard InChI is InChI=1S/C14H16N2O4S/c17-13(10-4-2-1-3-5-10)14(18)15-6-11-8-16(21(19)20)9-12(11)7-15/h1-5,13,17H,6-9H2,(H,19,20)/p-1. The first-order valence-corrected chi connectivity index (χ1v) is 7.65. The second-order valence-electron chi connectivity index (χ2n) is 5.23. The number of rotatable bonds is 3. The predicted molar refractivity (Wildman–Crippen MR) is 75.5 cm³/mol. The molecule has 112 valence electrons. The van der Waals surface area contributed by atoms with Gasteiger partial charge in [0, 0.05) is 37.4 Å². The fourth-order valence-electron chi connectivity index (χ4n) is 2.76. The summed E-state index contributed by atoms with van der Waals surface area (Å²) in [5.41, 5.74) is 2.50. The molecule has 2 aliphatic heterocycles. The second kappa shape index (κ2) is 5.69. The molecular weight excluding hydrogens is 292 g/mol. The van der Waals surface area contributed by atoms with Crippen LogP contribution < -0.4 is 0 Å². The van der Waals surface area contributed by atoms with Crippen molar-refractivity contribution in [1.82, 2.24) is 9.21 Å². The Bertz CT molecular complexity index is 599. The van der Waals surface area contributed by atoms with Crippen LogP contribution in [-0.2, 0) is 16.1 Å². The minimum Gasteiger partial charge on any atom is -0.760 e. The zero-order chi connectivity index (χ0) is 15.0. The van der Waals surface area contributed by atoms with Crippen molar-refractivity contribution in [3.05, 3.63) is 47.0 Å².